The molecule has 1 saturated carbocycles. The van der Waals surface area contributed by atoms with Crippen LogP contribution in [-0.2, 0) is 11.3 Å². The highest BCUT2D eigenvalue weighted by Crippen LogP contribution is 2.58. The number of rotatable bonds is 2. The van der Waals surface area contributed by atoms with Crippen LogP contribution in [0, 0.1) is 5.92 Å². The van der Waals surface area contributed by atoms with Crippen molar-refractivity contribution in [1.29, 1.82) is 0 Å². The summed E-state index contributed by atoms with van der Waals surface area (Å²) < 4.78 is 5.92. The van der Waals surface area contributed by atoms with E-state index < -0.39 is 17.1 Å². The van der Waals surface area contributed by atoms with E-state index in [4.69, 9.17) is 16.2 Å². The largest absolute Gasteiger partial charge is 0.455 e. The molecule has 5 rings (SSSR count). The lowest BCUT2D eigenvalue weighted by molar-refractivity contribution is -0.162. The van der Waals surface area contributed by atoms with Gasteiger partial charge in [0.25, 0.3) is 5.79 Å². The van der Waals surface area contributed by atoms with E-state index in [9.17, 15) is 9.90 Å². The molecular weight excluding hydrogens is 316 g/mol. The molecule has 0 saturated heterocycles. The number of hydrogen-bond acceptors (Lipinski definition) is 5. The third-order valence-corrected chi connectivity index (χ3v) is 6.12. The monoisotopic (exact) mass is 336 g/mol. The van der Waals surface area contributed by atoms with Gasteiger partial charge in [-0.05, 0) is 42.4 Å². The molecule has 25 heavy (non-hydrogen) atoms. The first-order valence-electron chi connectivity index (χ1n) is 8.66. The number of ether oxygens (including phenoxy) is 1. The summed E-state index contributed by atoms with van der Waals surface area (Å²) in [5, 5.41) is 11.3. The first kappa shape index (κ1) is 14.9. The molecular formula is C20H20N2O3. The van der Waals surface area contributed by atoms with Crippen LogP contribution in [0.3, 0.4) is 0 Å². The van der Waals surface area contributed by atoms with Gasteiger partial charge < -0.3 is 21.3 Å². The second-order valence-corrected chi connectivity index (χ2v) is 7.53. The van der Waals surface area contributed by atoms with Gasteiger partial charge in [0.2, 0.25) is 0 Å². The zero-order chi connectivity index (χ0) is 17.6. The molecule has 2 aromatic rings. The van der Waals surface area contributed by atoms with Gasteiger partial charge in [0.1, 0.15) is 5.75 Å². The van der Waals surface area contributed by atoms with Crippen LogP contribution in [0.5, 0.6) is 5.75 Å². The number of benzene rings is 2. The van der Waals surface area contributed by atoms with E-state index in [0.29, 0.717) is 34.4 Å². The standard InChI is InChI=1S/C20H20N2O3/c1-10(11-5-6-11)12-7-8-13-16(9-12)25-20(24)14-3-2-4-15(21)17(14)18(23)19(13,20)22/h2-4,7-11,24H,5-6,21-22H2,1H3/t10-,19-,20-/m1/s1. The van der Waals surface area contributed by atoms with Crippen molar-refractivity contribution < 1.29 is 14.6 Å². The summed E-state index contributed by atoms with van der Waals surface area (Å²) in [4.78, 5) is 13.1. The average Bonchev–Trinajstić information content (AvgIpc) is 3.38. The fraction of sp³-hybridized carbons (Fsp3) is 0.350. The highest BCUT2D eigenvalue weighted by molar-refractivity contribution is 6.13. The van der Waals surface area contributed by atoms with E-state index in [1.54, 1.807) is 18.2 Å². The summed E-state index contributed by atoms with van der Waals surface area (Å²) in [6.07, 6.45) is 2.49. The maximum absolute atomic E-state index is 13.1. The van der Waals surface area contributed by atoms with E-state index in [2.05, 4.69) is 6.92 Å². The number of ketones is 1. The molecule has 5 N–H and O–H groups in total. The van der Waals surface area contributed by atoms with Gasteiger partial charge in [0, 0.05) is 16.8 Å². The van der Waals surface area contributed by atoms with Crippen molar-refractivity contribution in [3.8, 4) is 5.75 Å². The van der Waals surface area contributed by atoms with E-state index in [1.807, 2.05) is 18.2 Å². The number of carbonyl (C=O) groups is 1. The van der Waals surface area contributed by atoms with Crippen LogP contribution in [0.25, 0.3) is 0 Å². The molecule has 1 heterocycles. The minimum Gasteiger partial charge on any atom is -0.455 e. The molecule has 3 atom stereocenters. The molecule has 5 heteroatoms. The summed E-state index contributed by atoms with van der Waals surface area (Å²) >= 11 is 0. The van der Waals surface area contributed by atoms with Crippen molar-refractivity contribution in [2.24, 2.45) is 11.7 Å². The summed E-state index contributed by atoms with van der Waals surface area (Å²) in [5.41, 5.74) is 13.4. The molecule has 3 aliphatic rings. The Bertz CT molecular complexity index is 937. The lowest BCUT2D eigenvalue weighted by atomic mass is 9.83. The van der Waals surface area contributed by atoms with E-state index >= 15 is 0 Å². The van der Waals surface area contributed by atoms with Gasteiger partial charge >= 0.3 is 0 Å². The molecule has 0 amide bonds. The third kappa shape index (κ3) is 1.62. The van der Waals surface area contributed by atoms with Crippen molar-refractivity contribution in [1.82, 2.24) is 0 Å². The normalized spacial score (nSPS) is 30.4. The number of nitrogens with two attached hydrogens (primary N) is 2. The van der Waals surface area contributed by atoms with Gasteiger partial charge in [-0.2, -0.15) is 0 Å². The van der Waals surface area contributed by atoms with Crippen molar-refractivity contribution in [2.75, 3.05) is 5.73 Å². The maximum Gasteiger partial charge on any atom is 0.265 e. The predicted octanol–water partition coefficient (Wildman–Crippen LogP) is 2.37. The average molecular weight is 336 g/mol. The Kier molecular flexibility index (Phi) is 2.64. The molecule has 0 radical (unpaired) electrons. The van der Waals surface area contributed by atoms with E-state index in [1.165, 1.54) is 12.8 Å². The molecule has 5 nitrogen and oxygen atoms in total. The molecule has 0 aromatic heterocycles. The Balaban J connectivity index is 1.68. The smallest absolute Gasteiger partial charge is 0.265 e. The third-order valence-electron chi connectivity index (χ3n) is 6.12. The summed E-state index contributed by atoms with van der Waals surface area (Å²) in [7, 11) is 0. The number of carbonyl (C=O) groups excluding carboxylic acids is 1. The van der Waals surface area contributed by atoms with Gasteiger partial charge in [-0.1, -0.05) is 31.2 Å². The van der Waals surface area contributed by atoms with Gasteiger partial charge in [-0.15, -0.1) is 0 Å². The minimum absolute atomic E-state index is 0.258. The van der Waals surface area contributed by atoms with Crippen molar-refractivity contribution in [3.63, 3.8) is 0 Å². The van der Waals surface area contributed by atoms with Gasteiger partial charge in [0.05, 0.1) is 5.56 Å². The van der Waals surface area contributed by atoms with Crippen LogP contribution >= 0.6 is 0 Å². The summed E-state index contributed by atoms with van der Waals surface area (Å²) in [5.74, 6) is -0.702. The highest BCUT2D eigenvalue weighted by atomic mass is 16.6. The zero-order valence-corrected chi connectivity index (χ0v) is 14.0. The Hall–Kier alpha value is -2.37. The van der Waals surface area contributed by atoms with Crippen LogP contribution in [0.1, 0.15) is 52.7 Å². The molecule has 128 valence electrons. The first-order valence-corrected chi connectivity index (χ1v) is 8.66. The molecule has 0 unspecified atom stereocenters. The number of anilines is 1. The number of fused-ring (bicyclic) bond motifs is 5. The van der Waals surface area contributed by atoms with E-state index in [-0.39, 0.29) is 5.56 Å². The molecule has 2 aromatic carbocycles. The predicted molar refractivity (Wildman–Crippen MR) is 93.2 cm³/mol. The summed E-state index contributed by atoms with van der Waals surface area (Å²) in [6, 6.07) is 10.7. The van der Waals surface area contributed by atoms with Gasteiger partial charge in [-0.3, -0.25) is 4.79 Å². The van der Waals surface area contributed by atoms with Gasteiger partial charge in [0.15, 0.2) is 11.3 Å². The van der Waals surface area contributed by atoms with Crippen LogP contribution in [0.2, 0.25) is 0 Å². The second-order valence-electron chi connectivity index (χ2n) is 7.53. The fourth-order valence-electron chi connectivity index (χ4n) is 4.37. The molecule has 1 aliphatic heterocycles. The quantitative estimate of drug-likeness (QED) is 0.731. The van der Waals surface area contributed by atoms with Crippen LogP contribution in [0.4, 0.5) is 5.69 Å². The molecule has 2 aliphatic carbocycles. The van der Waals surface area contributed by atoms with Crippen molar-refractivity contribution >= 4 is 11.5 Å². The van der Waals surface area contributed by atoms with Crippen molar-refractivity contribution in [3.05, 3.63) is 58.7 Å². The topological polar surface area (TPSA) is 98.6 Å². The van der Waals surface area contributed by atoms with Crippen molar-refractivity contribution in [2.45, 2.75) is 37.0 Å². The number of nitrogen functional groups attached to an aromatic ring is 1. The summed E-state index contributed by atoms with van der Waals surface area (Å²) in [6.45, 7) is 2.20. The zero-order valence-electron chi connectivity index (χ0n) is 14.0. The second kappa shape index (κ2) is 4.42. The highest BCUT2D eigenvalue weighted by Gasteiger charge is 2.69. The molecule has 0 spiro atoms. The first-order chi connectivity index (χ1) is 11.9. The van der Waals surface area contributed by atoms with Crippen LogP contribution in [0.15, 0.2) is 36.4 Å². The number of aliphatic hydroxyl groups is 1. The fourth-order valence-corrected chi connectivity index (χ4v) is 4.37. The number of hydrogen-bond donors (Lipinski definition) is 3. The van der Waals surface area contributed by atoms with Crippen LogP contribution < -0.4 is 16.2 Å². The van der Waals surface area contributed by atoms with E-state index in [0.717, 1.165) is 5.56 Å². The molecule has 0 bridgehead atoms. The Labute approximate surface area is 145 Å². The maximum atomic E-state index is 13.1. The van der Waals surface area contributed by atoms with Gasteiger partial charge in [-0.25, -0.2) is 0 Å². The lowest BCUT2D eigenvalue weighted by Crippen LogP contribution is -2.55. The number of Topliss-reactive ketones (excluding diaryl/α,β-unsaturated/α-hetero) is 1. The molecule has 1 fully saturated rings. The SMILES string of the molecule is C[C@@H](c1ccc2c(c1)O[C@]1(O)c3cccc(N)c3C(=O)[C@]21N)C1CC1. The Morgan fingerprint density at radius 2 is 2.00 bits per heavy atom. The Morgan fingerprint density at radius 3 is 2.72 bits per heavy atom. The lowest BCUT2D eigenvalue weighted by Gasteiger charge is -2.29. The Morgan fingerprint density at radius 1 is 1.24 bits per heavy atom. The minimum atomic E-state index is -1.92. The van der Waals surface area contributed by atoms with Crippen LogP contribution in [-0.4, -0.2) is 10.9 Å².